The van der Waals surface area contributed by atoms with Crippen molar-refractivity contribution in [1.29, 1.82) is 0 Å². The van der Waals surface area contributed by atoms with Crippen molar-refractivity contribution >= 4 is 45.2 Å². The highest BCUT2D eigenvalue weighted by molar-refractivity contribution is 9.10. The van der Waals surface area contributed by atoms with Gasteiger partial charge in [-0.05, 0) is 44.4 Å². The Morgan fingerprint density at radius 2 is 2.42 bits per heavy atom. The summed E-state index contributed by atoms with van der Waals surface area (Å²) in [6.07, 6.45) is 0. The van der Waals surface area contributed by atoms with Crippen molar-refractivity contribution in [3.8, 4) is 0 Å². The average Bonchev–Trinajstić information content (AvgIpc) is 3.20. The number of thioether (sulfide) groups is 1. The molecule has 0 unspecified atom stereocenters. The number of carbonyl (C=O) groups excluding carboxylic acids is 1. The number of likely N-dealkylation sites (N-methyl/N-ethyl adjacent to an activating group) is 1. The van der Waals surface area contributed by atoms with Gasteiger partial charge in [0.15, 0.2) is 16.6 Å². The van der Waals surface area contributed by atoms with E-state index in [1.807, 2.05) is 5.48 Å². The third-order valence-corrected chi connectivity index (χ3v) is 5.24. The van der Waals surface area contributed by atoms with E-state index in [1.165, 1.54) is 30.0 Å². The first-order chi connectivity index (χ1) is 12.5. The van der Waals surface area contributed by atoms with E-state index in [1.54, 1.807) is 11.9 Å². The summed E-state index contributed by atoms with van der Waals surface area (Å²) in [5, 5.41) is 20.2. The van der Waals surface area contributed by atoms with Crippen LogP contribution in [0.25, 0.3) is 0 Å². The summed E-state index contributed by atoms with van der Waals surface area (Å²) in [5.74, 6) is 0.114. The lowest BCUT2D eigenvalue weighted by Gasteiger charge is -2.08. The van der Waals surface area contributed by atoms with Gasteiger partial charge in [0.05, 0.1) is 16.2 Å². The van der Waals surface area contributed by atoms with Crippen LogP contribution in [0.3, 0.4) is 0 Å². The Morgan fingerprint density at radius 3 is 3.08 bits per heavy atom. The number of urea groups is 1. The molecule has 138 valence electrons. The molecule has 1 atom stereocenters. The minimum atomic E-state index is -0.426. The number of amides is 2. The molecule has 1 aliphatic heterocycles. The van der Waals surface area contributed by atoms with Crippen LogP contribution in [-0.4, -0.2) is 57.7 Å². The highest BCUT2D eigenvalue weighted by Crippen LogP contribution is 2.25. The Morgan fingerprint density at radius 1 is 1.62 bits per heavy atom. The van der Waals surface area contributed by atoms with Gasteiger partial charge in [-0.15, -0.1) is 0 Å². The molecule has 0 saturated carbocycles. The first kappa shape index (κ1) is 18.6. The van der Waals surface area contributed by atoms with Gasteiger partial charge in [-0.2, -0.15) is 0 Å². The fraction of sp³-hybridized carbons (Fsp3) is 0.286. The summed E-state index contributed by atoms with van der Waals surface area (Å²) >= 11 is 4.38. The summed E-state index contributed by atoms with van der Waals surface area (Å²) in [7, 11) is 1.71. The molecule has 3 rings (SSSR count). The molecule has 1 aromatic heterocycles. The quantitative estimate of drug-likeness (QED) is 0.280. The third kappa shape index (κ3) is 4.14. The number of benzene rings is 1. The Bertz CT molecular complexity index is 848. The summed E-state index contributed by atoms with van der Waals surface area (Å²) in [6.45, 7) is 0.579. The predicted octanol–water partition coefficient (Wildman–Crippen LogP) is 2.14. The zero-order chi connectivity index (χ0) is 18.7. The van der Waals surface area contributed by atoms with Crippen molar-refractivity contribution < 1.29 is 19.0 Å². The van der Waals surface area contributed by atoms with Crippen molar-refractivity contribution in [3.63, 3.8) is 0 Å². The molecule has 2 aromatic rings. The van der Waals surface area contributed by atoms with Gasteiger partial charge < -0.3 is 10.2 Å². The molecule has 1 fully saturated rings. The normalized spacial score (nSPS) is 17.5. The van der Waals surface area contributed by atoms with Crippen molar-refractivity contribution in [3.05, 3.63) is 34.2 Å². The summed E-state index contributed by atoms with van der Waals surface area (Å²) < 4.78 is 18.3. The van der Waals surface area contributed by atoms with Crippen molar-refractivity contribution in [2.45, 2.75) is 11.1 Å². The number of hydrogen-bond donors (Lipinski definition) is 3. The zero-order valence-corrected chi connectivity index (χ0v) is 15.8. The third-order valence-electron chi connectivity index (χ3n) is 3.52. The van der Waals surface area contributed by atoms with Gasteiger partial charge in [-0.1, -0.05) is 11.8 Å². The SMILES string of the molecule is CN1C[C@H](CSc2nonc2C(=Nc2ccc(F)c(Br)c2)NO)NC1=O. The molecule has 1 saturated heterocycles. The van der Waals surface area contributed by atoms with Gasteiger partial charge in [0.2, 0.25) is 0 Å². The van der Waals surface area contributed by atoms with E-state index >= 15 is 0 Å². The van der Waals surface area contributed by atoms with Crippen LogP contribution < -0.4 is 10.8 Å². The molecule has 0 spiro atoms. The second-order valence-corrected chi connectivity index (χ2v) is 7.29. The molecular weight excluding hydrogens is 431 g/mol. The minimum absolute atomic E-state index is 0.000154. The van der Waals surface area contributed by atoms with E-state index in [4.69, 9.17) is 4.63 Å². The number of nitrogens with one attached hydrogen (secondary N) is 2. The maximum absolute atomic E-state index is 13.3. The Labute approximate surface area is 160 Å². The lowest BCUT2D eigenvalue weighted by Crippen LogP contribution is -2.29. The highest BCUT2D eigenvalue weighted by atomic mass is 79.9. The average molecular weight is 445 g/mol. The van der Waals surface area contributed by atoms with Crippen molar-refractivity contribution in [2.24, 2.45) is 4.99 Å². The molecule has 0 bridgehead atoms. The summed E-state index contributed by atoms with van der Waals surface area (Å²) in [4.78, 5) is 17.3. The zero-order valence-electron chi connectivity index (χ0n) is 13.4. The number of carbonyl (C=O) groups is 1. The Kier molecular flexibility index (Phi) is 5.74. The molecule has 26 heavy (non-hydrogen) atoms. The molecule has 0 aliphatic carbocycles. The van der Waals surface area contributed by atoms with Crippen LogP contribution >= 0.6 is 27.7 Å². The number of aromatic nitrogens is 2. The summed E-state index contributed by atoms with van der Waals surface area (Å²) in [6, 6.07) is 3.97. The molecule has 9 nitrogen and oxygen atoms in total. The van der Waals surface area contributed by atoms with E-state index in [0.717, 1.165) is 0 Å². The van der Waals surface area contributed by atoms with Gasteiger partial charge in [0.1, 0.15) is 5.82 Å². The molecular formula is C14H14BrFN6O3S. The summed E-state index contributed by atoms with van der Waals surface area (Å²) in [5.41, 5.74) is 2.55. The number of aliphatic imine (C=N–C) groups is 1. The van der Waals surface area contributed by atoms with Gasteiger partial charge >= 0.3 is 6.03 Å². The van der Waals surface area contributed by atoms with Crippen LogP contribution in [0.1, 0.15) is 5.69 Å². The number of nitrogens with zero attached hydrogens (tertiary/aromatic N) is 4. The van der Waals surface area contributed by atoms with Crippen molar-refractivity contribution in [2.75, 3.05) is 19.3 Å². The van der Waals surface area contributed by atoms with Gasteiger partial charge in [-0.25, -0.2) is 18.8 Å². The smallest absolute Gasteiger partial charge is 0.317 e. The second-order valence-electron chi connectivity index (χ2n) is 5.43. The minimum Gasteiger partial charge on any atom is -0.333 e. The number of hydroxylamine groups is 1. The predicted molar refractivity (Wildman–Crippen MR) is 95.2 cm³/mol. The van der Waals surface area contributed by atoms with E-state index in [2.05, 4.69) is 36.6 Å². The largest absolute Gasteiger partial charge is 0.333 e. The molecule has 12 heteroatoms. The standard InChI is InChI=1S/C14H14BrFN6O3S/c1-22-5-8(18-14(22)23)6-26-13-11(20-25-21-13)12(19-24)17-7-2-3-10(16)9(15)4-7/h2-4,8,24H,5-6H2,1H3,(H,17,19)(H,18,23)/t8-/m1/s1. The molecule has 0 radical (unpaired) electrons. The number of hydrogen-bond acceptors (Lipinski definition) is 7. The highest BCUT2D eigenvalue weighted by Gasteiger charge is 2.27. The topological polar surface area (TPSA) is 116 Å². The number of amidine groups is 1. The van der Waals surface area contributed by atoms with E-state index < -0.39 is 5.82 Å². The first-order valence-electron chi connectivity index (χ1n) is 7.39. The maximum atomic E-state index is 13.3. The maximum Gasteiger partial charge on any atom is 0.317 e. The fourth-order valence-electron chi connectivity index (χ4n) is 2.25. The van der Waals surface area contributed by atoms with Crippen LogP contribution in [0.2, 0.25) is 0 Å². The number of halogens is 2. The fourth-order valence-corrected chi connectivity index (χ4v) is 3.52. The van der Waals surface area contributed by atoms with E-state index in [-0.39, 0.29) is 28.1 Å². The number of rotatable bonds is 5. The molecule has 3 N–H and O–H groups in total. The van der Waals surface area contributed by atoms with E-state index in [0.29, 0.717) is 23.0 Å². The van der Waals surface area contributed by atoms with Crippen LogP contribution in [-0.2, 0) is 0 Å². The van der Waals surface area contributed by atoms with Crippen LogP contribution in [0.5, 0.6) is 0 Å². The van der Waals surface area contributed by atoms with Crippen LogP contribution in [0, 0.1) is 5.82 Å². The van der Waals surface area contributed by atoms with Crippen LogP contribution in [0.15, 0.2) is 37.3 Å². The lowest BCUT2D eigenvalue weighted by molar-refractivity contribution is 0.226. The van der Waals surface area contributed by atoms with Gasteiger partial charge in [0, 0.05) is 19.3 Å². The first-order valence-corrected chi connectivity index (χ1v) is 9.17. The monoisotopic (exact) mass is 444 g/mol. The van der Waals surface area contributed by atoms with Crippen LogP contribution in [0.4, 0.5) is 14.9 Å². The second kappa shape index (κ2) is 8.01. The molecule has 2 heterocycles. The Hall–Kier alpha value is -2.18. The lowest BCUT2D eigenvalue weighted by atomic mass is 10.3. The van der Waals surface area contributed by atoms with E-state index in [9.17, 15) is 14.4 Å². The Balaban J connectivity index is 1.75. The molecule has 1 aromatic carbocycles. The van der Waals surface area contributed by atoms with Gasteiger partial charge in [-0.3, -0.25) is 10.7 Å². The molecule has 2 amide bonds. The van der Waals surface area contributed by atoms with Crippen molar-refractivity contribution in [1.82, 2.24) is 26.0 Å². The van der Waals surface area contributed by atoms with Gasteiger partial charge in [0.25, 0.3) is 0 Å². The molecule has 1 aliphatic rings.